The molecule has 6 heteroatoms. The van der Waals surface area contributed by atoms with Crippen molar-refractivity contribution in [1.82, 2.24) is 10.6 Å². The highest BCUT2D eigenvalue weighted by molar-refractivity contribution is 5.76. The Morgan fingerprint density at radius 2 is 1.26 bits per heavy atom. The second kappa shape index (κ2) is 16.9. The molecule has 0 saturated carbocycles. The van der Waals surface area contributed by atoms with Crippen LogP contribution in [0.2, 0.25) is 0 Å². The molecule has 0 saturated heterocycles. The average Bonchev–Trinajstić information content (AvgIpc) is 2.54. The molecule has 0 spiro atoms. The molecule has 0 radical (unpaired) electrons. The molecule has 4 N–H and O–H groups in total. The third-order valence-corrected chi connectivity index (χ3v) is 3.58. The molecule has 0 atom stereocenters. The summed E-state index contributed by atoms with van der Waals surface area (Å²) in [5, 5.41) is 5.71. The molecular weight excluding hydrogens is 294 g/mol. The van der Waals surface area contributed by atoms with E-state index >= 15 is 0 Å². The van der Waals surface area contributed by atoms with Crippen LogP contribution in [0.1, 0.15) is 70.6 Å². The topological polar surface area (TPSA) is 101 Å². The molecule has 0 rings (SSSR count). The second-order valence-corrected chi connectivity index (χ2v) is 5.77. The van der Waals surface area contributed by atoms with Gasteiger partial charge < -0.3 is 21.2 Å². The highest BCUT2D eigenvalue weighted by Crippen LogP contribution is 2.02. The van der Waals surface area contributed by atoms with Gasteiger partial charge in [0.05, 0.1) is 0 Å². The lowest BCUT2D eigenvalue weighted by Crippen LogP contribution is -2.29. The molecule has 0 fully saturated rings. The first kappa shape index (κ1) is 21.6. The van der Waals surface area contributed by atoms with Crippen LogP contribution in [0.4, 0.5) is 0 Å². The van der Waals surface area contributed by atoms with Gasteiger partial charge in [0.1, 0.15) is 6.29 Å². The van der Waals surface area contributed by atoms with Gasteiger partial charge in [0.25, 0.3) is 0 Å². The molecule has 6 nitrogen and oxygen atoms in total. The van der Waals surface area contributed by atoms with E-state index in [-0.39, 0.29) is 11.8 Å². The van der Waals surface area contributed by atoms with Crippen LogP contribution in [0.5, 0.6) is 0 Å². The molecule has 0 aromatic heterocycles. The number of rotatable bonds is 16. The van der Waals surface area contributed by atoms with Gasteiger partial charge in [0.15, 0.2) is 0 Å². The molecule has 2 amide bonds. The highest BCUT2D eigenvalue weighted by Gasteiger charge is 2.02. The first-order valence-electron chi connectivity index (χ1n) is 8.87. The molecule has 134 valence electrons. The number of hydrogen-bond acceptors (Lipinski definition) is 4. The van der Waals surface area contributed by atoms with Crippen LogP contribution < -0.4 is 16.4 Å². The third kappa shape index (κ3) is 16.8. The normalized spacial score (nSPS) is 10.3. The van der Waals surface area contributed by atoms with Crippen LogP contribution in [-0.4, -0.2) is 37.7 Å². The van der Waals surface area contributed by atoms with Gasteiger partial charge >= 0.3 is 0 Å². The lowest BCUT2D eigenvalue weighted by atomic mass is 10.1. The Morgan fingerprint density at radius 1 is 0.739 bits per heavy atom. The van der Waals surface area contributed by atoms with E-state index in [2.05, 4.69) is 10.6 Å². The maximum atomic E-state index is 11.6. The zero-order chi connectivity index (χ0) is 17.2. The molecule has 0 unspecified atom stereocenters. The van der Waals surface area contributed by atoms with E-state index in [0.29, 0.717) is 32.4 Å². The second-order valence-electron chi connectivity index (χ2n) is 5.77. The lowest BCUT2D eigenvalue weighted by molar-refractivity contribution is -0.121. The summed E-state index contributed by atoms with van der Waals surface area (Å²) in [6.45, 7) is 1.90. The van der Waals surface area contributed by atoms with E-state index < -0.39 is 0 Å². The maximum absolute atomic E-state index is 11.6. The highest BCUT2D eigenvalue weighted by atomic mass is 16.2. The summed E-state index contributed by atoms with van der Waals surface area (Å²) in [6, 6.07) is 0. The van der Waals surface area contributed by atoms with Gasteiger partial charge in [0, 0.05) is 32.4 Å². The summed E-state index contributed by atoms with van der Waals surface area (Å²) in [4.78, 5) is 33.2. The van der Waals surface area contributed by atoms with E-state index in [0.717, 1.165) is 64.2 Å². The van der Waals surface area contributed by atoms with E-state index in [1.54, 1.807) is 0 Å². The molecule has 0 bridgehead atoms. The smallest absolute Gasteiger partial charge is 0.219 e. The van der Waals surface area contributed by atoms with Gasteiger partial charge in [-0.15, -0.1) is 0 Å². The Morgan fingerprint density at radius 3 is 1.78 bits per heavy atom. The molecule has 0 aliphatic carbocycles. The van der Waals surface area contributed by atoms with E-state index in [1.807, 2.05) is 0 Å². The fourth-order valence-corrected chi connectivity index (χ4v) is 2.19. The quantitative estimate of drug-likeness (QED) is 0.296. The Kier molecular flexibility index (Phi) is 15.9. The van der Waals surface area contributed by atoms with Crippen molar-refractivity contribution >= 4 is 18.1 Å². The van der Waals surface area contributed by atoms with Crippen LogP contribution in [-0.2, 0) is 14.4 Å². The lowest BCUT2D eigenvalue weighted by Gasteiger charge is -2.07. The van der Waals surface area contributed by atoms with Crippen molar-refractivity contribution in [1.29, 1.82) is 0 Å². The third-order valence-electron chi connectivity index (χ3n) is 3.58. The molecule has 0 aromatic carbocycles. The van der Waals surface area contributed by atoms with Crippen molar-refractivity contribution in [3.63, 3.8) is 0 Å². The van der Waals surface area contributed by atoms with Crippen LogP contribution >= 0.6 is 0 Å². The van der Waals surface area contributed by atoms with Gasteiger partial charge in [-0.05, 0) is 38.6 Å². The van der Waals surface area contributed by atoms with Crippen molar-refractivity contribution in [2.45, 2.75) is 70.6 Å². The van der Waals surface area contributed by atoms with Gasteiger partial charge in [0.2, 0.25) is 11.8 Å². The van der Waals surface area contributed by atoms with Crippen LogP contribution in [0, 0.1) is 0 Å². The number of hydrogen-bond donors (Lipinski definition) is 3. The van der Waals surface area contributed by atoms with E-state index in [1.165, 1.54) is 0 Å². The number of nitrogens with two attached hydrogens (primary N) is 1. The van der Waals surface area contributed by atoms with Crippen molar-refractivity contribution < 1.29 is 14.4 Å². The minimum atomic E-state index is 0.0438. The Bertz CT molecular complexity index is 322. The predicted molar refractivity (Wildman–Crippen MR) is 91.9 cm³/mol. The van der Waals surface area contributed by atoms with Gasteiger partial charge in [-0.25, -0.2) is 0 Å². The fourth-order valence-electron chi connectivity index (χ4n) is 2.19. The zero-order valence-electron chi connectivity index (χ0n) is 14.3. The number of unbranched alkanes of at least 4 members (excludes halogenated alkanes) is 6. The van der Waals surface area contributed by atoms with E-state index in [9.17, 15) is 14.4 Å². The van der Waals surface area contributed by atoms with Crippen molar-refractivity contribution in [2.75, 3.05) is 19.6 Å². The largest absolute Gasteiger partial charge is 0.356 e. The first-order chi connectivity index (χ1) is 11.2. The van der Waals surface area contributed by atoms with Crippen LogP contribution in [0.25, 0.3) is 0 Å². The maximum Gasteiger partial charge on any atom is 0.219 e. The molecule has 23 heavy (non-hydrogen) atoms. The zero-order valence-corrected chi connectivity index (χ0v) is 14.3. The number of carbonyl (C=O) groups excluding carboxylic acids is 3. The average molecular weight is 327 g/mol. The number of aldehydes is 1. The van der Waals surface area contributed by atoms with Crippen molar-refractivity contribution in [3.8, 4) is 0 Å². The molecule has 0 aliphatic heterocycles. The van der Waals surface area contributed by atoms with Crippen LogP contribution in [0.3, 0.4) is 0 Å². The Labute approximate surface area is 140 Å². The summed E-state index contributed by atoms with van der Waals surface area (Å²) in [6.07, 6.45) is 9.97. The number of carbonyl (C=O) groups is 3. The Balaban J connectivity index is 3.31. The summed E-state index contributed by atoms with van der Waals surface area (Å²) in [5.74, 6) is 0.126. The molecule has 0 aliphatic rings. The molecular formula is C17H33N3O3. The summed E-state index contributed by atoms with van der Waals surface area (Å²) in [5.41, 5.74) is 5.41. The van der Waals surface area contributed by atoms with E-state index in [4.69, 9.17) is 5.73 Å². The summed E-state index contributed by atoms with van der Waals surface area (Å²) >= 11 is 0. The molecule has 0 aromatic rings. The van der Waals surface area contributed by atoms with Crippen molar-refractivity contribution in [3.05, 3.63) is 0 Å². The standard InChI is InChI=1S/C17H33N3O3/c18-12-7-3-1-5-10-16(22)19-13-9-14-20-17(23)11-6-2-4-8-15-21/h15H,1-14,18H2,(H,19,22)(H,20,23). The monoisotopic (exact) mass is 327 g/mol. The van der Waals surface area contributed by atoms with Crippen LogP contribution in [0.15, 0.2) is 0 Å². The molecule has 0 heterocycles. The Hall–Kier alpha value is -1.43. The van der Waals surface area contributed by atoms with Gasteiger partial charge in [-0.3, -0.25) is 9.59 Å². The summed E-state index contributed by atoms with van der Waals surface area (Å²) < 4.78 is 0. The predicted octanol–water partition coefficient (Wildman–Crippen LogP) is 1.67. The minimum absolute atomic E-state index is 0.0438. The number of amides is 2. The number of nitrogens with one attached hydrogen (secondary N) is 2. The fraction of sp³-hybridized carbons (Fsp3) is 0.824. The van der Waals surface area contributed by atoms with Crippen molar-refractivity contribution in [2.24, 2.45) is 5.73 Å². The van der Waals surface area contributed by atoms with Gasteiger partial charge in [-0.1, -0.05) is 19.3 Å². The van der Waals surface area contributed by atoms with Gasteiger partial charge in [-0.2, -0.15) is 0 Å². The summed E-state index contributed by atoms with van der Waals surface area (Å²) in [7, 11) is 0. The minimum Gasteiger partial charge on any atom is -0.356 e. The first-order valence-corrected chi connectivity index (χ1v) is 8.87. The SMILES string of the molecule is NCCCCCCC(=O)NCCCNC(=O)CCCCCC=O.